The van der Waals surface area contributed by atoms with Crippen LogP contribution in [0.1, 0.15) is 27.0 Å². The molecular formula is C27H26FN3O4S. The Kier molecular flexibility index (Phi) is 6.95. The molecule has 0 bridgehead atoms. The van der Waals surface area contributed by atoms with Gasteiger partial charge in [0.2, 0.25) is 5.78 Å². The van der Waals surface area contributed by atoms with Crippen molar-refractivity contribution in [1.82, 2.24) is 14.8 Å². The number of carbonyl (C=O) groups excluding carboxylic acids is 2. The molecule has 2 aliphatic rings. The van der Waals surface area contributed by atoms with Crippen LogP contribution >= 0.6 is 11.3 Å². The van der Waals surface area contributed by atoms with Gasteiger partial charge in [0, 0.05) is 37.3 Å². The third kappa shape index (κ3) is 4.57. The third-order valence-electron chi connectivity index (χ3n) is 6.53. The number of aliphatic hydroxyl groups is 1. The van der Waals surface area contributed by atoms with Crippen molar-refractivity contribution in [2.45, 2.75) is 13.0 Å². The van der Waals surface area contributed by atoms with Gasteiger partial charge in [-0.1, -0.05) is 48.5 Å². The number of ether oxygens (including phenoxy) is 1. The van der Waals surface area contributed by atoms with Gasteiger partial charge in [-0.2, -0.15) is 0 Å². The number of ketones is 1. The third-order valence-corrected chi connectivity index (χ3v) is 7.74. The summed E-state index contributed by atoms with van der Waals surface area (Å²) < 4.78 is 20.4. The topological polar surface area (TPSA) is 83.0 Å². The van der Waals surface area contributed by atoms with E-state index in [4.69, 9.17) is 4.74 Å². The Balaban J connectivity index is 1.51. The van der Waals surface area contributed by atoms with Crippen molar-refractivity contribution in [3.8, 4) is 10.6 Å². The lowest BCUT2D eigenvalue weighted by atomic mass is 9.94. The van der Waals surface area contributed by atoms with Crippen LogP contribution < -0.4 is 0 Å². The van der Waals surface area contributed by atoms with E-state index in [1.807, 2.05) is 30.3 Å². The molecule has 1 aromatic heterocycles. The van der Waals surface area contributed by atoms with E-state index in [-0.39, 0.29) is 17.7 Å². The van der Waals surface area contributed by atoms with Gasteiger partial charge in [0.1, 0.15) is 10.8 Å². The molecule has 9 heteroatoms. The van der Waals surface area contributed by atoms with Crippen molar-refractivity contribution >= 4 is 23.0 Å². The van der Waals surface area contributed by atoms with E-state index < -0.39 is 29.3 Å². The zero-order valence-electron chi connectivity index (χ0n) is 19.8. The zero-order valence-corrected chi connectivity index (χ0v) is 20.6. The Labute approximate surface area is 212 Å². The molecule has 0 radical (unpaired) electrons. The number of thiazole rings is 1. The maximum absolute atomic E-state index is 15.0. The molecule has 1 unspecified atom stereocenters. The number of aryl methyl sites for hydroxylation is 1. The van der Waals surface area contributed by atoms with Gasteiger partial charge in [-0.15, -0.1) is 11.3 Å². The zero-order chi connectivity index (χ0) is 25.2. The second-order valence-corrected chi connectivity index (χ2v) is 9.77. The Bertz CT molecular complexity index is 1320. The second-order valence-electron chi connectivity index (χ2n) is 8.77. The highest BCUT2D eigenvalue weighted by atomic mass is 32.1. The van der Waals surface area contributed by atoms with E-state index in [0.29, 0.717) is 35.3 Å². The lowest BCUT2D eigenvalue weighted by Gasteiger charge is -2.31. The SMILES string of the molecule is Cc1nc(-c2ccccc2)sc1C(=O)C1=C(O)C(=O)N(CCN2CCOCC2)C1c1ccccc1F. The summed E-state index contributed by atoms with van der Waals surface area (Å²) in [5.41, 5.74) is 1.42. The number of amides is 1. The van der Waals surface area contributed by atoms with Crippen LogP contribution in [0.15, 0.2) is 65.9 Å². The fourth-order valence-electron chi connectivity index (χ4n) is 4.64. The molecule has 5 rings (SSSR count). The highest BCUT2D eigenvalue weighted by molar-refractivity contribution is 7.17. The number of aliphatic hydroxyl groups excluding tert-OH is 1. The van der Waals surface area contributed by atoms with Gasteiger partial charge in [-0.3, -0.25) is 14.5 Å². The molecule has 0 aliphatic carbocycles. The van der Waals surface area contributed by atoms with Gasteiger partial charge in [-0.25, -0.2) is 9.37 Å². The van der Waals surface area contributed by atoms with E-state index in [1.165, 1.54) is 22.3 Å². The van der Waals surface area contributed by atoms with Gasteiger partial charge < -0.3 is 14.7 Å². The quantitative estimate of drug-likeness (QED) is 0.484. The predicted octanol–water partition coefficient (Wildman–Crippen LogP) is 4.17. The summed E-state index contributed by atoms with van der Waals surface area (Å²) in [6.07, 6.45) is 0. The first-order chi connectivity index (χ1) is 17.5. The molecule has 2 aromatic carbocycles. The summed E-state index contributed by atoms with van der Waals surface area (Å²) in [6.45, 7) is 5.12. The largest absolute Gasteiger partial charge is 0.503 e. The van der Waals surface area contributed by atoms with Crippen LogP contribution in [-0.2, 0) is 9.53 Å². The van der Waals surface area contributed by atoms with Gasteiger partial charge >= 0.3 is 0 Å². The first-order valence-electron chi connectivity index (χ1n) is 11.8. The maximum Gasteiger partial charge on any atom is 0.290 e. The number of halogens is 1. The normalized spacial score (nSPS) is 18.8. The number of nitrogens with zero attached hydrogens (tertiary/aromatic N) is 3. The van der Waals surface area contributed by atoms with Crippen LogP contribution in [-0.4, -0.2) is 71.0 Å². The minimum atomic E-state index is -1.03. The van der Waals surface area contributed by atoms with Crippen molar-refractivity contribution in [2.24, 2.45) is 0 Å². The smallest absolute Gasteiger partial charge is 0.290 e. The number of hydrogen-bond acceptors (Lipinski definition) is 7. The van der Waals surface area contributed by atoms with Gasteiger partial charge in [-0.05, 0) is 13.0 Å². The van der Waals surface area contributed by atoms with Crippen LogP contribution in [0, 0.1) is 12.7 Å². The maximum atomic E-state index is 15.0. The predicted molar refractivity (Wildman–Crippen MR) is 134 cm³/mol. The molecule has 0 spiro atoms. The summed E-state index contributed by atoms with van der Waals surface area (Å²) in [5.74, 6) is -2.37. The minimum Gasteiger partial charge on any atom is -0.503 e. The van der Waals surface area contributed by atoms with Crippen LogP contribution in [0.4, 0.5) is 4.39 Å². The molecule has 3 aromatic rings. The lowest BCUT2D eigenvalue weighted by molar-refractivity contribution is -0.129. The molecule has 1 amide bonds. The molecule has 1 atom stereocenters. The minimum absolute atomic E-state index is 0.113. The van der Waals surface area contributed by atoms with Crippen molar-refractivity contribution in [3.05, 3.63) is 87.9 Å². The number of rotatable bonds is 7. The Morgan fingerprint density at radius 1 is 1.11 bits per heavy atom. The fraction of sp³-hybridized carbons (Fsp3) is 0.296. The number of carbonyl (C=O) groups is 2. The monoisotopic (exact) mass is 507 g/mol. The Morgan fingerprint density at radius 3 is 2.53 bits per heavy atom. The van der Waals surface area contributed by atoms with Gasteiger partial charge in [0.25, 0.3) is 5.91 Å². The first-order valence-corrected chi connectivity index (χ1v) is 12.6. The van der Waals surface area contributed by atoms with Crippen molar-refractivity contribution in [2.75, 3.05) is 39.4 Å². The molecule has 0 saturated carbocycles. The van der Waals surface area contributed by atoms with Crippen molar-refractivity contribution < 1.29 is 23.8 Å². The highest BCUT2D eigenvalue weighted by Gasteiger charge is 2.45. The van der Waals surface area contributed by atoms with Crippen LogP contribution in [0.25, 0.3) is 10.6 Å². The summed E-state index contributed by atoms with van der Waals surface area (Å²) in [7, 11) is 0. The fourth-order valence-corrected chi connectivity index (χ4v) is 5.67. The van der Waals surface area contributed by atoms with E-state index in [1.54, 1.807) is 25.1 Å². The summed E-state index contributed by atoms with van der Waals surface area (Å²) in [5, 5.41) is 11.6. The second kappa shape index (κ2) is 10.3. The summed E-state index contributed by atoms with van der Waals surface area (Å²) in [6, 6.07) is 14.5. The molecule has 2 aliphatic heterocycles. The molecule has 1 N–H and O–H groups in total. The average Bonchev–Trinajstić information content (AvgIpc) is 3.41. The van der Waals surface area contributed by atoms with E-state index in [0.717, 1.165) is 18.7 Å². The Hall–Kier alpha value is -3.40. The van der Waals surface area contributed by atoms with Crippen molar-refractivity contribution in [3.63, 3.8) is 0 Å². The van der Waals surface area contributed by atoms with Gasteiger partial charge in [0.15, 0.2) is 5.76 Å². The Morgan fingerprint density at radius 2 is 1.81 bits per heavy atom. The van der Waals surface area contributed by atoms with Crippen LogP contribution in [0.2, 0.25) is 0 Å². The van der Waals surface area contributed by atoms with Gasteiger partial charge in [0.05, 0.1) is 35.4 Å². The molecule has 36 heavy (non-hydrogen) atoms. The molecule has 186 valence electrons. The molecule has 1 saturated heterocycles. The number of morpholine rings is 1. The van der Waals surface area contributed by atoms with E-state index >= 15 is 4.39 Å². The van der Waals surface area contributed by atoms with Crippen LogP contribution in [0.5, 0.6) is 0 Å². The van der Waals surface area contributed by atoms with Crippen LogP contribution in [0.3, 0.4) is 0 Å². The molecule has 1 fully saturated rings. The standard InChI is InChI=1S/C27H26FN3O4S/c1-17-25(36-26(29-17)18-7-3-2-4-8-18)23(32)21-22(19-9-5-6-10-20(19)28)31(27(34)24(21)33)12-11-30-13-15-35-16-14-30/h2-10,22,33H,11-16H2,1H3. The summed E-state index contributed by atoms with van der Waals surface area (Å²) >= 11 is 1.20. The number of hydrogen-bond donors (Lipinski definition) is 1. The van der Waals surface area contributed by atoms with Crippen molar-refractivity contribution in [1.29, 1.82) is 0 Å². The number of benzene rings is 2. The molecule has 3 heterocycles. The first kappa shape index (κ1) is 24.3. The average molecular weight is 508 g/mol. The van der Waals surface area contributed by atoms with E-state index in [9.17, 15) is 14.7 Å². The lowest BCUT2D eigenvalue weighted by Crippen LogP contribution is -2.43. The summed E-state index contributed by atoms with van der Waals surface area (Å²) in [4.78, 5) is 35.5. The van der Waals surface area contributed by atoms with E-state index in [2.05, 4.69) is 9.88 Å². The number of aromatic nitrogens is 1. The molecule has 7 nitrogen and oxygen atoms in total. The highest BCUT2D eigenvalue weighted by Crippen LogP contribution is 2.41. The number of Topliss-reactive ketones (excluding diaryl/α,β-unsaturated/α-hetero) is 1. The molecular weight excluding hydrogens is 481 g/mol.